The number of methoxy groups -OCH3 is 4. The Morgan fingerprint density at radius 3 is 2.18 bits per heavy atom. The Morgan fingerprint density at radius 1 is 0.955 bits per heavy atom. The van der Waals surface area contributed by atoms with Crippen molar-refractivity contribution in [2.24, 2.45) is 11.8 Å². The Bertz CT molecular complexity index is 1440. The first kappa shape index (κ1) is 34.2. The number of hydrogen-bond acceptors (Lipinski definition) is 9. The molecule has 44 heavy (non-hydrogen) atoms. The van der Waals surface area contributed by atoms with Crippen LogP contribution < -0.4 is 35.6 Å². The molecular formula is C33H45N3O8. The Kier molecular flexibility index (Phi) is 11.6. The molecule has 0 radical (unpaired) electrons. The Morgan fingerprint density at radius 2 is 1.64 bits per heavy atom. The van der Waals surface area contributed by atoms with Gasteiger partial charge in [0.15, 0.2) is 11.5 Å². The third-order valence-corrected chi connectivity index (χ3v) is 8.14. The number of aryl methyl sites for hydroxylation is 1. The number of carbonyl (C=O) groups is 3. The summed E-state index contributed by atoms with van der Waals surface area (Å²) in [6.45, 7) is 8.93. The van der Waals surface area contributed by atoms with Gasteiger partial charge in [0.1, 0.15) is 12.1 Å². The van der Waals surface area contributed by atoms with E-state index < -0.39 is 30.0 Å². The summed E-state index contributed by atoms with van der Waals surface area (Å²) in [7, 11) is 5.89. The number of fused-ring (bicyclic) bond motifs is 3. The van der Waals surface area contributed by atoms with Crippen LogP contribution in [0.25, 0.3) is 11.1 Å². The highest BCUT2D eigenvalue weighted by atomic mass is 16.5. The smallest absolute Gasteiger partial charge is 0.328 e. The minimum atomic E-state index is -0.835. The van der Waals surface area contributed by atoms with Gasteiger partial charge in [0.2, 0.25) is 23.0 Å². The van der Waals surface area contributed by atoms with E-state index in [0.29, 0.717) is 47.6 Å². The topological polar surface area (TPSA) is 141 Å². The monoisotopic (exact) mass is 611 g/mol. The minimum absolute atomic E-state index is 0.157. The number of amides is 2. The standard InChI is InChI=1S/C33H45N3O8/c1-10-18(4)29(33(40)44-9)36-32(39)28(17(2)3)35-24-14-12-21-22(16-25(24)38)23(34-19(5)37)13-11-20-15-26(41-6)30(42-7)31(43-8)27(20)21/h12,14-18,23,28-29H,10-11,13H2,1-9H3,(H,34,37)(H,35,38)(H,36,39). The fourth-order valence-corrected chi connectivity index (χ4v) is 5.57. The molecule has 0 heterocycles. The van der Waals surface area contributed by atoms with Crippen molar-refractivity contribution in [3.8, 4) is 28.4 Å². The van der Waals surface area contributed by atoms with Gasteiger partial charge in [-0.2, -0.15) is 0 Å². The van der Waals surface area contributed by atoms with Crippen LogP contribution in [0.3, 0.4) is 0 Å². The average molecular weight is 612 g/mol. The van der Waals surface area contributed by atoms with E-state index in [-0.39, 0.29) is 28.9 Å². The largest absolute Gasteiger partial charge is 0.493 e. The second kappa shape index (κ2) is 14.9. The predicted molar refractivity (Wildman–Crippen MR) is 168 cm³/mol. The summed E-state index contributed by atoms with van der Waals surface area (Å²) in [6, 6.07) is 4.67. The number of ether oxygens (including phenoxy) is 4. The van der Waals surface area contributed by atoms with Crippen LogP contribution in [0.15, 0.2) is 29.1 Å². The quantitative estimate of drug-likeness (QED) is 0.304. The summed E-state index contributed by atoms with van der Waals surface area (Å²) in [5.41, 5.74) is 2.73. The van der Waals surface area contributed by atoms with Gasteiger partial charge in [-0.3, -0.25) is 14.4 Å². The lowest BCUT2D eigenvalue weighted by Gasteiger charge is -2.27. The molecule has 0 bridgehead atoms. The second-order valence-electron chi connectivity index (χ2n) is 11.4. The molecule has 0 aliphatic heterocycles. The van der Waals surface area contributed by atoms with E-state index in [9.17, 15) is 19.2 Å². The molecule has 0 saturated carbocycles. The molecule has 240 valence electrons. The van der Waals surface area contributed by atoms with Crippen molar-refractivity contribution in [1.82, 2.24) is 10.6 Å². The van der Waals surface area contributed by atoms with E-state index in [0.717, 1.165) is 11.1 Å². The lowest BCUT2D eigenvalue weighted by Crippen LogP contribution is -2.52. The highest BCUT2D eigenvalue weighted by Crippen LogP contribution is 2.50. The maximum Gasteiger partial charge on any atom is 0.328 e. The molecule has 11 heteroatoms. The molecular weight excluding hydrogens is 566 g/mol. The van der Waals surface area contributed by atoms with Gasteiger partial charge in [0, 0.05) is 12.5 Å². The molecule has 2 aromatic carbocycles. The normalized spacial score (nSPS) is 15.8. The van der Waals surface area contributed by atoms with Gasteiger partial charge in [-0.1, -0.05) is 40.2 Å². The van der Waals surface area contributed by atoms with Crippen molar-refractivity contribution in [1.29, 1.82) is 0 Å². The van der Waals surface area contributed by atoms with Crippen molar-refractivity contribution in [3.63, 3.8) is 0 Å². The van der Waals surface area contributed by atoms with Gasteiger partial charge in [-0.25, -0.2) is 4.79 Å². The molecule has 3 N–H and O–H groups in total. The van der Waals surface area contributed by atoms with Crippen LogP contribution in [0.1, 0.15) is 64.6 Å². The van der Waals surface area contributed by atoms with E-state index in [4.69, 9.17) is 18.9 Å². The van der Waals surface area contributed by atoms with Crippen LogP contribution in [0.5, 0.6) is 17.2 Å². The predicted octanol–water partition coefficient (Wildman–Crippen LogP) is 4.00. The van der Waals surface area contributed by atoms with Gasteiger partial charge in [-0.15, -0.1) is 0 Å². The molecule has 0 fully saturated rings. The van der Waals surface area contributed by atoms with Gasteiger partial charge in [-0.05, 0) is 59.6 Å². The summed E-state index contributed by atoms with van der Waals surface area (Å²) in [6.07, 6.45) is 1.75. The summed E-state index contributed by atoms with van der Waals surface area (Å²) < 4.78 is 22.0. The van der Waals surface area contributed by atoms with Gasteiger partial charge < -0.3 is 34.9 Å². The Labute approximate surface area is 259 Å². The molecule has 3 rings (SSSR count). The zero-order valence-corrected chi connectivity index (χ0v) is 27.1. The zero-order chi connectivity index (χ0) is 32.7. The number of hydrogen-bond donors (Lipinski definition) is 3. The molecule has 4 atom stereocenters. The van der Waals surface area contributed by atoms with Crippen molar-refractivity contribution in [2.75, 3.05) is 33.8 Å². The number of benzene rings is 1. The van der Waals surface area contributed by atoms with Crippen LogP contribution in [-0.2, 0) is 25.5 Å². The number of rotatable bonds is 12. The summed E-state index contributed by atoms with van der Waals surface area (Å²) in [5.74, 6) is -0.233. The fourth-order valence-electron chi connectivity index (χ4n) is 5.57. The third kappa shape index (κ3) is 7.26. The first-order valence-corrected chi connectivity index (χ1v) is 14.8. The van der Waals surface area contributed by atoms with Crippen molar-refractivity contribution < 1.29 is 33.3 Å². The minimum Gasteiger partial charge on any atom is -0.493 e. The lowest BCUT2D eigenvalue weighted by atomic mass is 9.95. The molecule has 1 aliphatic rings. The molecule has 0 spiro atoms. The van der Waals surface area contributed by atoms with Crippen LogP contribution in [0.4, 0.5) is 5.69 Å². The summed E-state index contributed by atoms with van der Waals surface area (Å²) in [4.78, 5) is 52.0. The molecule has 1 aliphatic carbocycles. The molecule has 0 saturated heterocycles. The second-order valence-corrected chi connectivity index (χ2v) is 11.4. The van der Waals surface area contributed by atoms with Crippen LogP contribution in [0.2, 0.25) is 0 Å². The SMILES string of the molecule is CCC(C)C(NC(=O)C(Nc1ccc2c(cc1=O)C(NC(C)=O)CCc1cc(OC)c(OC)c(OC)c1-2)C(C)C)C(=O)OC. The van der Waals surface area contributed by atoms with Crippen LogP contribution in [0, 0.1) is 11.8 Å². The Hall–Kier alpha value is -4.28. The molecule has 11 nitrogen and oxygen atoms in total. The molecule has 2 amide bonds. The van der Waals surface area contributed by atoms with Crippen LogP contribution in [-0.4, -0.2) is 58.3 Å². The van der Waals surface area contributed by atoms with Crippen molar-refractivity contribution in [2.45, 2.75) is 72.0 Å². The first-order chi connectivity index (χ1) is 20.9. The molecule has 0 aromatic heterocycles. The van der Waals surface area contributed by atoms with Gasteiger partial charge in [0.25, 0.3) is 0 Å². The number of carbonyl (C=O) groups excluding carboxylic acids is 3. The maximum atomic E-state index is 13.8. The average Bonchev–Trinajstić information content (AvgIpc) is 3.24. The third-order valence-electron chi connectivity index (χ3n) is 8.14. The number of esters is 1. The van der Waals surface area contributed by atoms with E-state index >= 15 is 0 Å². The Balaban J connectivity index is 2.18. The maximum absolute atomic E-state index is 13.8. The lowest BCUT2D eigenvalue weighted by molar-refractivity contribution is -0.146. The highest BCUT2D eigenvalue weighted by molar-refractivity contribution is 5.90. The van der Waals surface area contributed by atoms with E-state index in [1.54, 1.807) is 19.2 Å². The van der Waals surface area contributed by atoms with E-state index in [1.165, 1.54) is 34.3 Å². The highest BCUT2D eigenvalue weighted by Gasteiger charge is 2.32. The number of anilines is 1. The zero-order valence-electron chi connectivity index (χ0n) is 27.1. The summed E-state index contributed by atoms with van der Waals surface area (Å²) in [5, 5.41) is 8.95. The number of nitrogens with one attached hydrogen (secondary N) is 3. The first-order valence-electron chi connectivity index (χ1n) is 14.8. The molecule has 4 unspecified atom stereocenters. The van der Waals surface area contributed by atoms with Crippen molar-refractivity contribution >= 4 is 23.5 Å². The van der Waals surface area contributed by atoms with Crippen molar-refractivity contribution in [3.05, 3.63) is 45.6 Å². The van der Waals surface area contributed by atoms with Gasteiger partial charge in [0.05, 0.1) is 40.2 Å². The van der Waals surface area contributed by atoms with E-state index in [2.05, 4.69) is 16.0 Å². The van der Waals surface area contributed by atoms with Crippen LogP contribution >= 0.6 is 0 Å². The van der Waals surface area contributed by atoms with E-state index in [1.807, 2.05) is 33.8 Å². The van der Waals surface area contributed by atoms with Gasteiger partial charge >= 0.3 is 5.97 Å². The molecule has 2 aromatic rings. The summed E-state index contributed by atoms with van der Waals surface area (Å²) >= 11 is 0. The fraction of sp³-hybridized carbons (Fsp3) is 0.515.